The monoisotopic (exact) mass is 389 g/mol. The van der Waals surface area contributed by atoms with Crippen molar-refractivity contribution < 1.29 is 9.59 Å². The van der Waals surface area contributed by atoms with Crippen molar-refractivity contribution in [1.29, 1.82) is 0 Å². The first-order chi connectivity index (χ1) is 13.7. The topological polar surface area (TPSA) is 52.7 Å². The Kier molecular flexibility index (Phi) is 6.47. The Morgan fingerprint density at radius 1 is 0.857 bits per heavy atom. The van der Waals surface area contributed by atoms with Crippen LogP contribution in [0.4, 0.5) is 4.79 Å². The van der Waals surface area contributed by atoms with E-state index in [1.54, 1.807) is 0 Å². The Morgan fingerprint density at radius 3 is 2.25 bits per heavy atom. The fourth-order valence-corrected chi connectivity index (χ4v) is 6.34. The van der Waals surface area contributed by atoms with Gasteiger partial charge in [-0.1, -0.05) is 38.5 Å². The van der Waals surface area contributed by atoms with Gasteiger partial charge in [-0.05, 0) is 56.3 Å². The third-order valence-electron chi connectivity index (χ3n) is 8.05. The van der Waals surface area contributed by atoms with Crippen LogP contribution >= 0.6 is 0 Å². The van der Waals surface area contributed by atoms with Crippen LogP contribution in [0.5, 0.6) is 0 Å². The van der Waals surface area contributed by atoms with Crippen LogP contribution in [0, 0.1) is 11.3 Å². The van der Waals surface area contributed by atoms with Crippen molar-refractivity contribution in [2.24, 2.45) is 11.3 Å². The van der Waals surface area contributed by atoms with Crippen molar-refractivity contribution in [3.63, 3.8) is 0 Å². The average Bonchev–Trinajstić information content (AvgIpc) is 3.37. The molecule has 158 valence electrons. The molecule has 5 nitrogen and oxygen atoms in total. The van der Waals surface area contributed by atoms with E-state index in [0.29, 0.717) is 24.3 Å². The highest BCUT2D eigenvalue weighted by Crippen LogP contribution is 2.49. The zero-order valence-electron chi connectivity index (χ0n) is 17.6. The van der Waals surface area contributed by atoms with E-state index in [9.17, 15) is 9.59 Å². The first-order valence-electron chi connectivity index (χ1n) is 12.0. The van der Waals surface area contributed by atoms with Gasteiger partial charge in [-0.25, -0.2) is 4.79 Å². The molecule has 2 aliphatic heterocycles. The van der Waals surface area contributed by atoms with Crippen LogP contribution in [0.3, 0.4) is 0 Å². The third-order valence-corrected chi connectivity index (χ3v) is 8.05. The lowest BCUT2D eigenvalue weighted by molar-refractivity contribution is -0.130. The number of nitrogens with one attached hydrogen (secondary N) is 1. The lowest BCUT2D eigenvalue weighted by Crippen LogP contribution is -2.45. The van der Waals surface area contributed by atoms with Crippen LogP contribution in [0.25, 0.3) is 0 Å². The Morgan fingerprint density at radius 2 is 1.54 bits per heavy atom. The molecular formula is C23H39N3O2. The van der Waals surface area contributed by atoms with Gasteiger partial charge < -0.3 is 15.1 Å². The highest BCUT2D eigenvalue weighted by molar-refractivity contribution is 5.76. The number of urea groups is 1. The van der Waals surface area contributed by atoms with Gasteiger partial charge in [0, 0.05) is 38.6 Å². The zero-order chi connectivity index (χ0) is 19.4. The largest absolute Gasteiger partial charge is 0.343 e. The number of likely N-dealkylation sites (tertiary alicyclic amines) is 2. The van der Waals surface area contributed by atoms with Crippen molar-refractivity contribution in [3.8, 4) is 0 Å². The summed E-state index contributed by atoms with van der Waals surface area (Å²) in [5, 5.41) is 3.32. The molecule has 4 rings (SSSR count). The highest BCUT2D eigenvalue weighted by atomic mass is 16.2. The minimum Gasteiger partial charge on any atom is -0.343 e. The van der Waals surface area contributed by atoms with E-state index >= 15 is 0 Å². The predicted octanol–water partition coefficient (Wildman–Crippen LogP) is 4.31. The number of carbonyl (C=O) groups is 2. The molecule has 3 amide bonds. The van der Waals surface area contributed by atoms with Crippen LogP contribution in [0.2, 0.25) is 0 Å². The number of carbonyl (C=O) groups excluding carboxylic acids is 2. The van der Waals surface area contributed by atoms with Crippen LogP contribution < -0.4 is 5.32 Å². The number of amides is 3. The number of hydrogen-bond acceptors (Lipinski definition) is 2. The number of nitrogens with zero attached hydrogens (tertiary/aromatic N) is 2. The molecule has 4 fully saturated rings. The summed E-state index contributed by atoms with van der Waals surface area (Å²) in [6.07, 6.45) is 16.4. The van der Waals surface area contributed by atoms with Crippen molar-refractivity contribution in [1.82, 2.24) is 15.1 Å². The molecule has 2 heterocycles. The SMILES string of the molecule is O=C(CCC1CN(C(=O)NC2CCCCC2)CC12CCCCC2)N1CCCC1. The lowest BCUT2D eigenvalue weighted by Gasteiger charge is -2.38. The van der Waals surface area contributed by atoms with Gasteiger partial charge in [-0.3, -0.25) is 4.79 Å². The van der Waals surface area contributed by atoms with Gasteiger partial charge in [0.2, 0.25) is 5.91 Å². The summed E-state index contributed by atoms with van der Waals surface area (Å²) >= 11 is 0. The van der Waals surface area contributed by atoms with Crippen molar-refractivity contribution in [3.05, 3.63) is 0 Å². The lowest BCUT2D eigenvalue weighted by atomic mass is 9.66. The van der Waals surface area contributed by atoms with Gasteiger partial charge >= 0.3 is 6.03 Å². The summed E-state index contributed by atoms with van der Waals surface area (Å²) < 4.78 is 0. The van der Waals surface area contributed by atoms with Crippen LogP contribution in [-0.4, -0.2) is 54.0 Å². The Hall–Kier alpha value is -1.26. The zero-order valence-corrected chi connectivity index (χ0v) is 17.6. The van der Waals surface area contributed by atoms with E-state index in [2.05, 4.69) is 15.1 Å². The summed E-state index contributed by atoms with van der Waals surface area (Å²) in [6.45, 7) is 3.66. The fraction of sp³-hybridized carbons (Fsp3) is 0.913. The standard InChI is InChI=1S/C23H39N3O2/c27-21(25-15-7-8-16-25)12-11-19-17-26(18-23(19)13-5-2-6-14-23)22(28)24-20-9-3-1-4-10-20/h19-20H,1-18H2,(H,24,28). The Labute approximate surface area is 170 Å². The molecule has 2 saturated heterocycles. The normalized spacial score (nSPS) is 28.1. The minimum atomic E-state index is 0.158. The maximum Gasteiger partial charge on any atom is 0.317 e. The molecule has 1 unspecified atom stereocenters. The first kappa shape index (κ1) is 20.0. The molecule has 1 spiro atoms. The smallest absolute Gasteiger partial charge is 0.317 e. The molecule has 1 atom stereocenters. The van der Waals surface area contributed by atoms with Gasteiger partial charge in [0.25, 0.3) is 0 Å². The summed E-state index contributed by atoms with van der Waals surface area (Å²) in [5.41, 5.74) is 0.271. The predicted molar refractivity (Wildman–Crippen MR) is 111 cm³/mol. The molecule has 5 heteroatoms. The van der Waals surface area contributed by atoms with E-state index in [-0.39, 0.29) is 11.4 Å². The van der Waals surface area contributed by atoms with E-state index in [0.717, 1.165) is 58.3 Å². The van der Waals surface area contributed by atoms with E-state index in [1.807, 2.05) is 0 Å². The van der Waals surface area contributed by atoms with Gasteiger partial charge in [-0.15, -0.1) is 0 Å². The highest BCUT2D eigenvalue weighted by Gasteiger charge is 2.48. The molecule has 0 bridgehead atoms. The van der Waals surface area contributed by atoms with Gasteiger partial charge in [0.1, 0.15) is 0 Å². The van der Waals surface area contributed by atoms with Crippen LogP contribution in [-0.2, 0) is 4.79 Å². The van der Waals surface area contributed by atoms with E-state index in [1.165, 1.54) is 51.4 Å². The summed E-state index contributed by atoms with van der Waals surface area (Å²) in [4.78, 5) is 29.7. The Bertz CT molecular complexity index is 546. The van der Waals surface area contributed by atoms with Gasteiger partial charge in [-0.2, -0.15) is 0 Å². The molecule has 2 aliphatic carbocycles. The molecule has 0 aromatic heterocycles. The Balaban J connectivity index is 1.36. The number of hydrogen-bond donors (Lipinski definition) is 1. The molecule has 0 radical (unpaired) electrons. The maximum atomic E-state index is 13.0. The molecular weight excluding hydrogens is 350 g/mol. The van der Waals surface area contributed by atoms with Crippen LogP contribution in [0.15, 0.2) is 0 Å². The molecule has 2 saturated carbocycles. The van der Waals surface area contributed by atoms with Gasteiger partial charge in [0.05, 0.1) is 0 Å². The molecule has 28 heavy (non-hydrogen) atoms. The maximum absolute atomic E-state index is 13.0. The second kappa shape index (κ2) is 9.04. The quantitative estimate of drug-likeness (QED) is 0.779. The molecule has 0 aromatic rings. The summed E-state index contributed by atoms with van der Waals surface area (Å²) in [6, 6.07) is 0.532. The van der Waals surface area contributed by atoms with Crippen molar-refractivity contribution >= 4 is 11.9 Å². The first-order valence-corrected chi connectivity index (χ1v) is 12.0. The minimum absolute atomic E-state index is 0.158. The molecule has 1 N–H and O–H groups in total. The van der Waals surface area contributed by atoms with Crippen LogP contribution in [0.1, 0.15) is 89.9 Å². The van der Waals surface area contributed by atoms with Crippen molar-refractivity contribution in [2.45, 2.75) is 95.9 Å². The van der Waals surface area contributed by atoms with Crippen molar-refractivity contribution in [2.75, 3.05) is 26.2 Å². The second-order valence-electron chi connectivity index (χ2n) is 9.91. The summed E-state index contributed by atoms with van der Waals surface area (Å²) in [5.74, 6) is 0.838. The number of rotatable bonds is 4. The summed E-state index contributed by atoms with van der Waals surface area (Å²) in [7, 11) is 0. The van der Waals surface area contributed by atoms with E-state index in [4.69, 9.17) is 0 Å². The third kappa shape index (κ3) is 4.49. The molecule has 0 aromatic carbocycles. The molecule has 4 aliphatic rings. The second-order valence-corrected chi connectivity index (χ2v) is 9.91. The average molecular weight is 390 g/mol. The fourth-order valence-electron chi connectivity index (χ4n) is 6.34. The van der Waals surface area contributed by atoms with Gasteiger partial charge in [0.15, 0.2) is 0 Å². The van der Waals surface area contributed by atoms with E-state index < -0.39 is 0 Å².